The third-order valence-electron chi connectivity index (χ3n) is 2.79. The van der Waals surface area contributed by atoms with E-state index in [-0.39, 0.29) is 5.92 Å². The van der Waals surface area contributed by atoms with E-state index in [0.29, 0.717) is 0 Å². The first-order valence-electron chi connectivity index (χ1n) is 4.60. The monoisotopic (exact) mass is 176 g/mol. The summed E-state index contributed by atoms with van der Waals surface area (Å²) >= 11 is 0. The molecule has 1 aromatic rings. The molecular weight excluding hydrogens is 160 g/mol. The molecule has 0 fully saturated rings. The summed E-state index contributed by atoms with van der Waals surface area (Å²) in [7, 11) is 0. The molecule has 0 aliphatic carbocycles. The molecule has 0 radical (unpaired) electrons. The highest BCUT2D eigenvalue weighted by Gasteiger charge is 2.09. The van der Waals surface area contributed by atoms with Gasteiger partial charge in [0.1, 0.15) is 6.29 Å². The lowest BCUT2D eigenvalue weighted by molar-refractivity contribution is -0.108. The van der Waals surface area contributed by atoms with Crippen LogP contribution in [0.1, 0.15) is 35.1 Å². The number of aryl methyl sites for hydroxylation is 1. The van der Waals surface area contributed by atoms with Crippen LogP contribution < -0.4 is 0 Å². The summed E-state index contributed by atoms with van der Waals surface area (Å²) in [6.45, 7) is 8.21. The van der Waals surface area contributed by atoms with Crippen LogP contribution in [-0.4, -0.2) is 6.29 Å². The zero-order valence-electron chi connectivity index (χ0n) is 8.72. The van der Waals surface area contributed by atoms with Crippen molar-refractivity contribution < 1.29 is 4.79 Å². The quantitative estimate of drug-likeness (QED) is 0.633. The molecule has 0 aliphatic heterocycles. The highest BCUT2D eigenvalue weighted by Crippen LogP contribution is 2.22. The van der Waals surface area contributed by atoms with Crippen LogP contribution in [0.25, 0.3) is 0 Å². The van der Waals surface area contributed by atoms with Gasteiger partial charge in [0.25, 0.3) is 0 Å². The van der Waals surface area contributed by atoms with E-state index >= 15 is 0 Å². The molecule has 1 rings (SSSR count). The number of hydrogen-bond donors (Lipinski definition) is 0. The first-order valence-corrected chi connectivity index (χ1v) is 4.60. The Morgan fingerprint density at radius 1 is 1.15 bits per heavy atom. The summed E-state index contributed by atoms with van der Waals surface area (Å²) in [6, 6.07) is 4.13. The first-order chi connectivity index (χ1) is 6.07. The Balaban J connectivity index is 3.25. The summed E-state index contributed by atoms with van der Waals surface area (Å²) < 4.78 is 0. The van der Waals surface area contributed by atoms with E-state index in [1.807, 2.05) is 6.92 Å². The van der Waals surface area contributed by atoms with E-state index < -0.39 is 0 Å². The van der Waals surface area contributed by atoms with E-state index in [9.17, 15) is 4.79 Å². The Hall–Kier alpha value is -1.11. The van der Waals surface area contributed by atoms with Gasteiger partial charge in [-0.2, -0.15) is 0 Å². The van der Waals surface area contributed by atoms with Gasteiger partial charge in [-0.3, -0.25) is 0 Å². The predicted molar refractivity (Wildman–Crippen MR) is 55.1 cm³/mol. The van der Waals surface area contributed by atoms with Crippen molar-refractivity contribution >= 4 is 6.29 Å². The average Bonchev–Trinajstić information content (AvgIpc) is 2.13. The Bertz CT molecular complexity index is 326. The summed E-state index contributed by atoms with van der Waals surface area (Å²) in [4.78, 5) is 10.7. The minimum Gasteiger partial charge on any atom is -0.303 e. The molecule has 0 N–H and O–H groups in total. The summed E-state index contributed by atoms with van der Waals surface area (Å²) in [5, 5.41) is 0. The Labute approximate surface area is 79.8 Å². The fourth-order valence-electron chi connectivity index (χ4n) is 1.54. The highest BCUT2D eigenvalue weighted by atomic mass is 16.1. The Morgan fingerprint density at radius 2 is 1.77 bits per heavy atom. The number of benzene rings is 1. The van der Waals surface area contributed by atoms with E-state index in [2.05, 4.69) is 32.9 Å². The molecule has 13 heavy (non-hydrogen) atoms. The molecule has 0 heterocycles. The van der Waals surface area contributed by atoms with Gasteiger partial charge in [-0.15, -0.1) is 0 Å². The third-order valence-corrected chi connectivity index (χ3v) is 2.79. The zero-order chi connectivity index (χ0) is 10.0. The largest absolute Gasteiger partial charge is 0.303 e. The second kappa shape index (κ2) is 3.73. The van der Waals surface area contributed by atoms with Gasteiger partial charge in [0.05, 0.1) is 0 Å². The van der Waals surface area contributed by atoms with E-state index in [0.717, 1.165) is 11.8 Å². The molecule has 1 atom stereocenters. The van der Waals surface area contributed by atoms with Crippen molar-refractivity contribution in [2.75, 3.05) is 0 Å². The van der Waals surface area contributed by atoms with Crippen molar-refractivity contribution in [1.29, 1.82) is 0 Å². The van der Waals surface area contributed by atoms with Crippen LogP contribution in [0.5, 0.6) is 0 Å². The summed E-state index contributed by atoms with van der Waals surface area (Å²) in [5.41, 5.74) is 4.99. The summed E-state index contributed by atoms with van der Waals surface area (Å²) in [5.74, 6) is 0.0132. The number of carbonyl (C=O) groups is 1. The van der Waals surface area contributed by atoms with Crippen molar-refractivity contribution in [3.8, 4) is 0 Å². The van der Waals surface area contributed by atoms with E-state index in [4.69, 9.17) is 0 Å². The van der Waals surface area contributed by atoms with E-state index in [1.165, 1.54) is 16.7 Å². The van der Waals surface area contributed by atoms with Crippen LogP contribution in [0.3, 0.4) is 0 Å². The minimum absolute atomic E-state index is 0.0132. The van der Waals surface area contributed by atoms with Crippen LogP contribution in [0.4, 0.5) is 0 Å². The van der Waals surface area contributed by atoms with Crippen LogP contribution in [-0.2, 0) is 4.79 Å². The SMILES string of the molecule is Cc1ccc(C(C)C=O)c(C)c1C. The first kappa shape index (κ1) is 9.97. The maximum absolute atomic E-state index is 10.7. The molecule has 1 unspecified atom stereocenters. The number of hydrogen-bond acceptors (Lipinski definition) is 1. The zero-order valence-corrected chi connectivity index (χ0v) is 8.72. The van der Waals surface area contributed by atoms with Gasteiger partial charge in [0.2, 0.25) is 0 Å². The van der Waals surface area contributed by atoms with Crippen molar-refractivity contribution in [3.63, 3.8) is 0 Å². The van der Waals surface area contributed by atoms with Crippen molar-refractivity contribution in [2.24, 2.45) is 0 Å². The number of carbonyl (C=O) groups excluding carboxylic acids is 1. The minimum atomic E-state index is 0.0132. The Kier molecular flexibility index (Phi) is 2.86. The molecule has 1 aromatic carbocycles. The van der Waals surface area contributed by atoms with Gasteiger partial charge in [0.15, 0.2) is 0 Å². The van der Waals surface area contributed by atoms with Crippen LogP contribution in [0.2, 0.25) is 0 Å². The maximum Gasteiger partial charge on any atom is 0.127 e. The summed E-state index contributed by atoms with van der Waals surface area (Å²) in [6.07, 6.45) is 0.997. The number of aldehydes is 1. The molecule has 1 heteroatoms. The Morgan fingerprint density at radius 3 is 2.31 bits per heavy atom. The maximum atomic E-state index is 10.7. The van der Waals surface area contributed by atoms with Gasteiger partial charge in [-0.25, -0.2) is 0 Å². The molecule has 0 spiro atoms. The smallest absolute Gasteiger partial charge is 0.127 e. The van der Waals surface area contributed by atoms with Gasteiger partial charge in [-0.1, -0.05) is 19.1 Å². The highest BCUT2D eigenvalue weighted by molar-refractivity contribution is 5.63. The van der Waals surface area contributed by atoms with Gasteiger partial charge < -0.3 is 4.79 Å². The molecule has 0 saturated carbocycles. The lowest BCUT2D eigenvalue weighted by atomic mass is 9.92. The molecular formula is C12H16O. The topological polar surface area (TPSA) is 17.1 Å². The van der Waals surface area contributed by atoms with Gasteiger partial charge >= 0.3 is 0 Å². The fraction of sp³-hybridized carbons (Fsp3) is 0.417. The predicted octanol–water partition coefficient (Wildman–Crippen LogP) is 2.91. The van der Waals surface area contributed by atoms with Crippen molar-refractivity contribution in [3.05, 3.63) is 34.4 Å². The second-order valence-electron chi connectivity index (χ2n) is 3.65. The van der Waals surface area contributed by atoms with Gasteiger partial charge in [-0.05, 0) is 43.0 Å². The molecule has 0 amide bonds. The molecule has 70 valence electrons. The fourth-order valence-corrected chi connectivity index (χ4v) is 1.54. The lowest BCUT2D eigenvalue weighted by Crippen LogP contribution is -2.00. The van der Waals surface area contributed by atoms with Gasteiger partial charge in [0, 0.05) is 5.92 Å². The second-order valence-corrected chi connectivity index (χ2v) is 3.65. The van der Waals surface area contributed by atoms with Crippen molar-refractivity contribution in [1.82, 2.24) is 0 Å². The molecule has 0 aromatic heterocycles. The standard InChI is InChI=1S/C12H16O/c1-8-5-6-12(9(2)7-13)11(4)10(8)3/h5-7,9H,1-4H3. The molecule has 0 bridgehead atoms. The van der Waals surface area contributed by atoms with Crippen LogP contribution in [0, 0.1) is 20.8 Å². The lowest BCUT2D eigenvalue weighted by Gasteiger charge is -2.12. The van der Waals surface area contributed by atoms with Crippen molar-refractivity contribution in [2.45, 2.75) is 33.6 Å². The molecule has 1 nitrogen and oxygen atoms in total. The van der Waals surface area contributed by atoms with Crippen LogP contribution >= 0.6 is 0 Å². The number of rotatable bonds is 2. The third kappa shape index (κ3) is 1.80. The normalized spacial score (nSPS) is 12.6. The van der Waals surface area contributed by atoms with E-state index in [1.54, 1.807) is 0 Å². The van der Waals surface area contributed by atoms with Crippen LogP contribution in [0.15, 0.2) is 12.1 Å². The average molecular weight is 176 g/mol. The molecule has 0 saturated heterocycles. The molecule has 0 aliphatic rings.